The molecule has 7 nitrogen and oxygen atoms in total. The molecular weight excluding hydrogens is 422 g/mol. The van der Waals surface area contributed by atoms with Crippen LogP contribution in [0.5, 0.6) is 5.88 Å². The van der Waals surface area contributed by atoms with Crippen molar-refractivity contribution in [2.24, 2.45) is 5.92 Å². The minimum atomic E-state index is -0.0864. The number of pyridine rings is 1. The maximum Gasteiger partial charge on any atom is 0.250 e. The molecule has 1 aromatic carbocycles. The number of fused-ring (bicyclic) bond motifs is 5. The van der Waals surface area contributed by atoms with E-state index in [0.717, 1.165) is 42.2 Å². The summed E-state index contributed by atoms with van der Waals surface area (Å²) >= 11 is 1.50. The van der Waals surface area contributed by atoms with Crippen LogP contribution in [0.3, 0.4) is 0 Å². The lowest BCUT2D eigenvalue weighted by Gasteiger charge is -2.45. The van der Waals surface area contributed by atoms with E-state index in [9.17, 15) is 9.90 Å². The molecule has 1 fully saturated rings. The Labute approximate surface area is 189 Å². The molecule has 0 aliphatic carbocycles. The van der Waals surface area contributed by atoms with Gasteiger partial charge >= 0.3 is 0 Å². The van der Waals surface area contributed by atoms with Gasteiger partial charge in [-0.1, -0.05) is 47.2 Å². The predicted octanol–water partition coefficient (Wildman–Crippen LogP) is 3.48. The van der Waals surface area contributed by atoms with Crippen LogP contribution < -0.4 is 5.56 Å². The average molecular weight is 448 g/mol. The molecule has 2 aliphatic rings. The van der Waals surface area contributed by atoms with E-state index in [2.05, 4.69) is 52.2 Å². The van der Waals surface area contributed by atoms with Gasteiger partial charge in [0.15, 0.2) is 0 Å². The lowest BCUT2D eigenvalue weighted by molar-refractivity contribution is 0.0952. The van der Waals surface area contributed by atoms with E-state index >= 15 is 0 Å². The van der Waals surface area contributed by atoms with Crippen molar-refractivity contribution in [1.82, 2.24) is 24.1 Å². The number of hydrogen-bond donors (Lipinski definition) is 1. The van der Waals surface area contributed by atoms with E-state index in [1.807, 2.05) is 17.6 Å². The minimum absolute atomic E-state index is 0.0864. The lowest BCUT2D eigenvalue weighted by atomic mass is 9.82. The van der Waals surface area contributed by atoms with Crippen molar-refractivity contribution in [1.29, 1.82) is 0 Å². The van der Waals surface area contributed by atoms with Crippen LogP contribution in [0.15, 0.2) is 47.3 Å². The molecule has 4 aromatic rings. The van der Waals surface area contributed by atoms with E-state index in [1.54, 1.807) is 10.6 Å². The summed E-state index contributed by atoms with van der Waals surface area (Å²) in [5.74, 6) is 1.53. The number of thiazole rings is 1. The van der Waals surface area contributed by atoms with Gasteiger partial charge in [-0.25, -0.2) is 4.98 Å². The van der Waals surface area contributed by atoms with Crippen molar-refractivity contribution in [3.8, 4) is 5.88 Å². The zero-order valence-electron chi connectivity index (χ0n) is 18.1. The van der Waals surface area contributed by atoms with Crippen molar-refractivity contribution in [2.75, 3.05) is 13.1 Å². The molecule has 0 saturated carbocycles. The molecule has 2 bridgehead atoms. The Kier molecular flexibility index (Phi) is 4.48. The second kappa shape index (κ2) is 7.28. The standard InChI is InChI=1S/C24H25N5O2S/c1-14-6-8-17(9-7-14)21(22-23(31)29-24(32-22)25-15(2)26-29)27-11-16-10-18(13-27)19-4-3-5-20(30)28(19)12-16/h3-9,16,18,21,31H,10-13H2,1-2H3. The first-order chi connectivity index (χ1) is 15.5. The van der Waals surface area contributed by atoms with Crippen LogP contribution in [0.2, 0.25) is 0 Å². The maximum atomic E-state index is 12.4. The molecule has 3 atom stereocenters. The molecule has 6 rings (SSSR count). The fraction of sp³-hybridized carbons (Fsp3) is 0.375. The molecular formula is C24H25N5O2S. The number of piperidine rings is 1. The summed E-state index contributed by atoms with van der Waals surface area (Å²) in [5, 5.41) is 15.5. The molecule has 5 heterocycles. The maximum absolute atomic E-state index is 12.4. The van der Waals surface area contributed by atoms with Crippen molar-refractivity contribution in [2.45, 2.75) is 38.8 Å². The summed E-state index contributed by atoms with van der Waals surface area (Å²) in [6, 6.07) is 14.1. The molecule has 0 amide bonds. The van der Waals surface area contributed by atoms with E-state index in [4.69, 9.17) is 0 Å². The fourth-order valence-corrected chi connectivity index (χ4v) is 6.61. The monoisotopic (exact) mass is 447 g/mol. The first-order valence-electron chi connectivity index (χ1n) is 11.0. The first kappa shape index (κ1) is 19.7. The summed E-state index contributed by atoms with van der Waals surface area (Å²) in [6.45, 7) is 6.39. The van der Waals surface area contributed by atoms with Crippen molar-refractivity contribution in [3.63, 3.8) is 0 Å². The Morgan fingerprint density at radius 2 is 1.91 bits per heavy atom. The largest absolute Gasteiger partial charge is 0.492 e. The second-order valence-corrected chi connectivity index (χ2v) is 10.1. The normalized spacial score (nSPS) is 21.6. The highest BCUT2D eigenvalue weighted by molar-refractivity contribution is 7.17. The zero-order chi connectivity index (χ0) is 22.0. The lowest BCUT2D eigenvalue weighted by Crippen LogP contribution is -2.48. The quantitative estimate of drug-likeness (QED) is 0.520. The summed E-state index contributed by atoms with van der Waals surface area (Å²) in [5.41, 5.74) is 3.58. The van der Waals surface area contributed by atoms with Crippen LogP contribution in [0, 0.1) is 19.8 Å². The number of aromatic nitrogens is 4. The van der Waals surface area contributed by atoms with Crippen LogP contribution in [0.4, 0.5) is 0 Å². The van der Waals surface area contributed by atoms with Gasteiger partial charge in [0.1, 0.15) is 5.82 Å². The summed E-state index contributed by atoms with van der Waals surface area (Å²) in [6.07, 6.45) is 1.10. The van der Waals surface area contributed by atoms with Crippen LogP contribution in [0.25, 0.3) is 4.96 Å². The summed E-state index contributed by atoms with van der Waals surface area (Å²) in [7, 11) is 0. The van der Waals surface area contributed by atoms with Gasteiger partial charge in [-0.2, -0.15) is 4.52 Å². The average Bonchev–Trinajstić information content (AvgIpc) is 3.28. The third-order valence-electron chi connectivity index (χ3n) is 6.82. The minimum Gasteiger partial charge on any atom is -0.492 e. The molecule has 3 unspecified atom stereocenters. The van der Waals surface area contributed by atoms with Gasteiger partial charge in [0, 0.05) is 37.3 Å². The highest BCUT2D eigenvalue weighted by Gasteiger charge is 2.39. The van der Waals surface area contributed by atoms with E-state index in [1.165, 1.54) is 16.9 Å². The molecule has 164 valence electrons. The summed E-state index contributed by atoms with van der Waals surface area (Å²) < 4.78 is 3.51. The number of rotatable bonds is 3. The molecule has 32 heavy (non-hydrogen) atoms. The van der Waals surface area contributed by atoms with E-state index in [-0.39, 0.29) is 17.5 Å². The SMILES string of the molecule is Cc1ccc(C(c2sc3nc(C)nn3c2O)N2CC3CC(C2)c2cccc(=O)n2C3)cc1. The highest BCUT2D eigenvalue weighted by atomic mass is 32.1. The van der Waals surface area contributed by atoms with E-state index in [0.29, 0.717) is 22.6 Å². The molecule has 8 heteroatoms. The molecule has 0 spiro atoms. The number of benzene rings is 1. The first-order valence-corrected chi connectivity index (χ1v) is 11.8. The second-order valence-electron chi connectivity index (χ2n) is 9.11. The van der Waals surface area contributed by atoms with Gasteiger partial charge in [0.05, 0.1) is 10.9 Å². The zero-order valence-corrected chi connectivity index (χ0v) is 18.9. The third kappa shape index (κ3) is 3.09. The summed E-state index contributed by atoms with van der Waals surface area (Å²) in [4.78, 5) is 21.0. The van der Waals surface area contributed by atoms with Crippen molar-refractivity contribution >= 4 is 16.3 Å². The number of aromatic hydroxyl groups is 1. The van der Waals surface area contributed by atoms with Crippen LogP contribution >= 0.6 is 11.3 Å². The number of nitrogens with zero attached hydrogens (tertiary/aromatic N) is 5. The van der Waals surface area contributed by atoms with Gasteiger partial charge in [0.25, 0.3) is 5.56 Å². The van der Waals surface area contributed by atoms with Gasteiger partial charge in [-0.3, -0.25) is 9.69 Å². The molecule has 2 aliphatic heterocycles. The van der Waals surface area contributed by atoms with Gasteiger partial charge in [-0.05, 0) is 37.8 Å². The number of likely N-dealkylation sites (tertiary alicyclic amines) is 1. The number of hydrogen-bond acceptors (Lipinski definition) is 6. The van der Waals surface area contributed by atoms with Crippen molar-refractivity contribution < 1.29 is 5.11 Å². The predicted molar refractivity (Wildman–Crippen MR) is 123 cm³/mol. The fourth-order valence-electron chi connectivity index (χ4n) is 5.45. The van der Waals surface area contributed by atoms with Gasteiger partial charge < -0.3 is 9.67 Å². The molecule has 3 aromatic heterocycles. The van der Waals surface area contributed by atoms with Gasteiger partial charge in [0.2, 0.25) is 10.8 Å². The van der Waals surface area contributed by atoms with Crippen LogP contribution in [0.1, 0.15) is 45.9 Å². The highest BCUT2D eigenvalue weighted by Crippen LogP contribution is 2.44. The Hall–Kier alpha value is -2.97. The van der Waals surface area contributed by atoms with E-state index < -0.39 is 0 Å². The van der Waals surface area contributed by atoms with Gasteiger partial charge in [-0.15, -0.1) is 5.10 Å². The number of aryl methyl sites for hydroxylation is 2. The molecule has 1 saturated heterocycles. The Balaban J connectivity index is 1.45. The Morgan fingerprint density at radius 3 is 2.69 bits per heavy atom. The Morgan fingerprint density at radius 1 is 1.09 bits per heavy atom. The molecule has 0 radical (unpaired) electrons. The van der Waals surface area contributed by atoms with Crippen molar-refractivity contribution in [3.05, 3.63) is 80.3 Å². The molecule has 1 N–H and O–H groups in total. The Bertz CT molecular complexity index is 1370. The topological polar surface area (TPSA) is 75.7 Å². The smallest absolute Gasteiger partial charge is 0.250 e. The van der Waals surface area contributed by atoms with Crippen LogP contribution in [-0.2, 0) is 6.54 Å². The van der Waals surface area contributed by atoms with Crippen LogP contribution in [-0.4, -0.2) is 42.3 Å². The third-order valence-corrected chi connectivity index (χ3v) is 7.89.